The van der Waals surface area contributed by atoms with E-state index in [-0.39, 0.29) is 32.0 Å². The molecule has 0 saturated heterocycles. The molecule has 0 rings (SSSR count). The maximum absolute atomic E-state index is 11.7. The zero-order valence-corrected chi connectivity index (χ0v) is 20.2. The molecule has 1 N–H and O–H groups in total. The van der Waals surface area contributed by atoms with Crippen molar-refractivity contribution in [2.24, 2.45) is 0 Å². The van der Waals surface area contributed by atoms with Crippen LogP contribution in [0.1, 0.15) is 117 Å². The number of carbonyl (C=O) groups excluding carboxylic acids is 4. The molecule has 7 nitrogen and oxygen atoms in total. The van der Waals surface area contributed by atoms with Gasteiger partial charge in [0.2, 0.25) is 0 Å². The minimum Gasteiger partial charge on any atom is -0.463 e. The third-order valence-corrected chi connectivity index (χ3v) is 5.31. The molecule has 7 heteroatoms. The Morgan fingerprint density at radius 2 is 1.03 bits per heavy atom. The molecular formula is C25H44O7. The van der Waals surface area contributed by atoms with Gasteiger partial charge < -0.3 is 14.6 Å². The van der Waals surface area contributed by atoms with Crippen LogP contribution >= 0.6 is 0 Å². The number of unbranched alkanes of at least 4 members (excludes halogenated alkanes) is 12. The summed E-state index contributed by atoms with van der Waals surface area (Å²) in [4.78, 5) is 45.1. The van der Waals surface area contributed by atoms with Gasteiger partial charge in [0.05, 0.1) is 6.42 Å². The molecule has 1 unspecified atom stereocenters. The molecule has 0 saturated carbocycles. The molecule has 0 aliphatic rings. The van der Waals surface area contributed by atoms with E-state index in [0.717, 1.165) is 26.2 Å². The lowest BCUT2D eigenvalue weighted by molar-refractivity contribution is -0.153. The summed E-state index contributed by atoms with van der Waals surface area (Å²) in [5.41, 5.74) is 0. The van der Waals surface area contributed by atoms with Gasteiger partial charge in [-0.3, -0.25) is 19.2 Å². The van der Waals surface area contributed by atoms with Crippen LogP contribution in [0.2, 0.25) is 0 Å². The number of aliphatic hydroxyl groups is 1. The third kappa shape index (κ3) is 20.2. The van der Waals surface area contributed by atoms with Crippen molar-refractivity contribution < 1.29 is 33.8 Å². The SMILES string of the molecule is CCCCCCCCCCCCCCCC(=O)OCC(O)COC(=O)CCC(=O)C(C)=O. The Morgan fingerprint density at radius 1 is 0.625 bits per heavy atom. The number of carbonyl (C=O) groups is 4. The lowest BCUT2D eigenvalue weighted by Gasteiger charge is -2.12. The highest BCUT2D eigenvalue weighted by Crippen LogP contribution is 2.13. The minimum atomic E-state index is -1.11. The molecule has 0 bridgehead atoms. The molecule has 0 heterocycles. The van der Waals surface area contributed by atoms with Crippen LogP contribution in [0.5, 0.6) is 0 Å². The average Bonchev–Trinajstić information content (AvgIpc) is 2.77. The summed E-state index contributed by atoms with van der Waals surface area (Å²) in [5.74, 6) is -2.29. The fourth-order valence-corrected chi connectivity index (χ4v) is 3.25. The van der Waals surface area contributed by atoms with Crippen LogP contribution in [0.3, 0.4) is 0 Å². The van der Waals surface area contributed by atoms with Gasteiger partial charge >= 0.3 is 11.9 Å². The molecule has 32 heavy (non-hydrogen) atoms. The third-order valence-electron chi connectivity index (χ3n) is 5.31. The Morgan fingerprint density at radius 3 is 1.47 bits per heavy atom. The van der Waals surface area contributed by atoms with Crippen molar-refractivity contribution in [3.05, 3.63) is 0 Å². The van der Waals surface area contributed by atoms with Gasteiger partial charge in [-0.2, -0.15) is 0 Å². The van der Waals surface area contributed by atoms with Crippen LogP contribution in [0.15, 0.2) is 0 Å². The Labute approximate surface area is 193 Å². The van der Waals surface area contributed by atoms with Crippen LogP contribution in [0.25, 0.3) is 0 Å². The van der Waals surface area contributed by atoms with Gasteiger partial charge in [0.1, 0.15) is 19.3 Å². The predicted octanol–water partition coefficient (Wildman–Crippen LogP) is 4.85. The number of hydrogen-bond acceptors (Lipinski definition) is 7. The van der Waals surface area contributed by atoms with Crippen molar-refractivity contribution in [2.45, 2.75) is 123 Å². The van der Waals surface area contributed by atoms with Crippen LogP contribution in [0.4, 0.5) is 0 Å². The second-order valence-electron chi connectivity index (χ2n) is 8.49. The molecule has 0 spiro atoms. The van der Waals surface area contributed by atoms with Crippen molar-refractivity contribution in [3.8, 4) is 0 Å². The second kappa shape index (κ2) is 21.1. The molecule has 0 amide bonds. The highest BCUT2D eigenvalue weighted by molar-refractivity contribution is 6.36. The van der Waals surface area contributed by atoms with E-state index in [4.69, 9.17) is 9.47 Å². The van der Waals surface area contributed by atoms with Crippen molar-refractivity contribution in [2.75, 3.05) is 13.2 Å². The monoisotopic (exact) mass is 456 g/mol. The van der Waals surface area contributed by atoms with Crippen LogP contribution in [-0.2, 0) is 28.7 Å². The number of Topliss-reactive ketones (excluding diaryl/α,β-unsaturated/α-hetero) is 2. The summed E-state index contributed by atoms with van der Waals surface area (Å²) in [7, 11) is 0. The molecule has 186 valence electrons. The Hall–Kier alpha value is -1.76. The van der Waals surface area contributed by atoms with Crippen molar-refractivity contribution in [3.63, 3.8) is 0 Å². The number of ketones is 2. The van der Waals surface area contributed by atoms with E-state index in [1.54, 1.807) is 0 Å². The minimum absolute atomic E-state index is 0.210. The van der Waals surface area contributed by atoms with Crippen LogP contribution < -0.4 is 0 Å². The van der Waals surface area contributed by atoms with E-state index in [2.05, 4.69) is 6.92 Å². The van der Waals surface area contributed by atoms with Crippen molar-refractivity contribution >= 4 is 23.5 Å². The molecule has 0 aliphatic carbocycles. The van der Waals surface area contributed by atoms with Gasteiger partial charge in [0.15, 0.2) is 11.6 Å². The summed E-state index contributed by atoms with van der Waals surface area (Å²) in [6, 6.07) is 0. The highest BCUT2D eigenvalue weighted by atomic mass is 16.6. The largest absolute Gasteiger partial charge is 0.463 e. The van der Waals surface area contributed by atoms with Crippen LogP contribution in [0, 0.1) is 0 Å². The normalized spacial score (nSPS) is 11.7. The first-order chi connectivity index (χ1) is 15.4. The first-order valence-electron chi connectivity index (χ1n) is 12.4. The van der Waals surface area contributed by atoms with E-state index in [0.29, 0.717) is 6.42 Å². The fourth-order valence-electron chi connectivity index (χ4n) is 3.25. The van der Waals surface area contributed by atoms with Crippen molar-refractivity contribution in [1.29, 1.82) is 0 Å². The van der Waals surface area contributed by atoms with E-state index >= 15 is 0 Å². The summed E-state index contributed by atoms with van der Waals surface area (Å²) in [5, 5.41) is 9.72. The van der Waals surface area contributed by atoms with E-state index in [1.807, 2.05) is 0 Å². The Kier molecular flexibility index (Phi) is 19.9. The lowest BCUT2D eigenvalue weighted by Crippen LogP contribution is -2.25. The second-order valence-corrected chi connectivity index (χ2v) is 8.49. The predicted molar refractivity (Wildman–Crippen MR) is 123 cm³/mol. The Bertz CT molecular complexity index is 530. The van der Waals surface area contributed by atoms with Gasteiger partial charge in [-0.1, -0.05) is 84.0 Å². The first kappa shape index (κ1) is 30.2. The maximum atomic E-state index is 11.7. The zero-order chi connectivity index (χ0) is 24.0. The molecule has 0 fully saturated rings. The highest BCUT2D eigenvalue weighted by Gasteiger charge is 2.14. The van der Waals surface area contributed by atoms with Gasteiger partial charge in [-0.15, -0.1) is 0 Å². The van der Waals surface area contributed by atoms with Crippen molar-refractivity contribution in [1.82, 2.24) is 0 Å². The zero-order valence-electron chi connectivity index (χ0n) is 20.2. The summed E-state index contributed by atoms with van der Waals surface area (Å²) >= 11 is 0. The van der Waals surface area contributed by atoms with Gasteiger partial charge in [-0.25, -0.2) is 0 Å². The average molecular weight is 457 g/mol. The number of ether oxygens (including phenoxy) is 2. The van der Waals surface area contributed by atoms with Gasteiger partial charge in [0, 0.05) is 19.8 Å². The topological polar surface area (TPSA) is 107 Å². The maximum Gasteiger partial charge on any atom is 0.306 e. The smallest absolute Gasteiger partial charge is 0.306 e. The summed E-state index contributed by atoms with van der Waals surface area (Å²) in [6.45, 7) is 2.82. The molecule has 1 atom stereocenters. The van der Waals surface area contributed by atoms with E-state index < -0.39 is 23.6 Å². The molecule has 0 aromatic carbocycles. The molecular weight excluding hydrogens is 412 g/mol. The lowest BCUT2D eigenvalue weighted by atomic mass is 10.0. The summed E-state index contributed by atoms with van der Waals surface area (Å²) < 4.78 is 9.80. The number of esters is 2. The molecule has 0 aromatic heterocycles. The van der Waals surface area contributed by atoms with E-state index in [1.165, 1.54) is 64.2 Å². The van der Waals surface area contributed by atoms with E-state index in [9.17, 15) is 24.3 Å². The number of aliphatic hydroxyl groups excluding tert-OH is 1. The quantitative estimate of drug-likeness (QED) is 0.141. The molecule has 0 radical (unpaired) electrons. The number of rotatable bonds is 22. The molecule has 0 aliphatic heterocycles. The molecule has 0 aromatic rings. The standard InChI is InChI=1S/C25H44O7/c1-3-4-5-6-7-8-9-10-11-12-13-14-15-16-24(29)31-19-22(27)20-32-25(30)18-17-23(28)21(2)26/h22,27H,3-20H2,1-2H3. The summed E-state index contributed by atoms with van der Waals surface area (Å²) in [6.07, 6.45) is 14.8. The van der Waals surface area contributed by atoms with Gasteiger partial charge in [0.25, 0.3) is 0 Å². The Balaban J connectivity index is 3.49. The number of hydrogen-bond donors (Lipinski definition) is 1. The van der Waals surface area contributed by atoms with Gasteiger partial charge in [-0.05, 0) is 6.42 Å². The van der Waals surface area contributed by atoms with Crippen LogP contribution in [-0.4, -0.2) is 47.9 Å². The fraction of sp³-hybridized carbons (Fsp3) is 0.840. The first-order valence-corrected chi connectivity index (χ1v) is 12.4.